The number of ether oxygens (including phenoxy) is 1. The summed E-state index contributed by atoms with van der Waals surface area (Å²) in [6.45, 7) is 1.97. The number of anilines is 1. The Morgan fingerprint density at radius 1 is 1.24 bits per heavy atom. The van der Waals surface area contributed by atoms with Gasteiger partial charge in [-0.25, -0.2) is 10.2 Å². The topological polar surface area (TPSA) is 96.9 Å². The molecule has 1 aliphatic rings. The van der Waals surface area contributed by atoms with Gasteiger partial charge in [0.1, 0.15) is 5.00 Å². The molecule has 7 nitrogen and oxygen atoms in total. The lowest BCUT2D eigenvalue weighted by Gasteiger charge is -2.12. The van der Waals surface area contributed by atoms with E-state index in [-0.39, 0.29) is 6.61 Å². The number of benzene rings is 1. The first-order valence-corrected chi connectivity index (χ1v) is 10.8. The minimum absolute atomic E-state index is 0.238. The first kappa shape index (κ1) is 21.2. The van der Waals surface area contributed by atoms with Gasteiger partial charge >= 0.3 is 17.8 Å². The van der Waals surface area contributed by atoms with Crippen LogP contribution in [0, 0.1) is 0 Å². The Morgan fingerprint density at radius 2 is 2.03 bits per heavy atom. The van der Waals surface area contributed by atoms with Crippen molar-refractivity contribution in [2.24, 2.45) is 5.10 Å². The third-order valence-electron chi connectivity index (χ3n) is 4.31. The van der Waals surface area contributed by atoms with Gasteiger partial charge in [-0.05, 0) is 55.9 Å². The second-order valence-electron chi connectivity index (χ2n) is 6.34. The predicted octanol–water partition coefficient (Wildman–Crippen LogP) is 3.65. The summed E-state index contributed by atoms with van der Waals surface area (Å²) in [6.07, 6.45) is 5.07. The molecule has 0 saturated carbocycles. The molecule has 1 aliphatic carbocycles. The zero-order valence-corrected chi connectivity index (χ0v) is 18.2. The van der Waals surface area contributed by atoms with Gasteiger partial charge in [-0.3, -0.25) is 9.59 Å². The van der Waals surface area contributed by atoms with Gasteiger partial charge in [0, 0.05) is 9.35 Å². The van der Waals surface area contributed by atoms with Gasteiger partial charge in [0.05, 0.1) is 18.4 Å². The number of carbonyl (C=O) groups is 3. The van der Waals surface area contributed by atoms with Crippen molar-refractivity contribution < 1.29 is 19.1 Å². The lowest BCUT2D eigenvalue weighted by atomic mass is 9.95. The molecule has 0 unspecified atom stereocenters. The average molecular weight is 478 g/mol. The van der Waals surface area contributed by atoms with Crippen LogP contribution in [-0.4, -0.2) is 30.6 Å². The maximum atomic E-state index is 12.4. The molecule has 0 saturated heterocycles. The number of esters is 1. The van der Waals surface area contributed by atoms with E-state index in [4.69, 9.17) is 4.74 Å². The summed E-state index contributed by atoms with van der Waals surface area (Å²) in [5.41, 5.74) is 4.24. The molecule has 0 radical (unpaired) electrons. The molecule has 152 valence electrons. The van der Waals surface area contributed by atoms with E-state index in [2.05, 4.69) is 31.8 Å². The maximum absolute atomic E-state index is 12.4. The van der Waals surface area contributed by atoms with Crippen LogP contribution in [0.5, 0.6) is 0 Å². The van der Waals surface area contributed by atoms with Crippen molar-refractivity contribution in [1.82, 2.24) is 5.43 Å². The number of amides is 2. The molecular formula is C20H20BrN3O4S. The van der Waals surface area contributed by atoms with Crippen LogP contribution in [-0.2, 0) is 27.2 Å². The van der Waals surface area contributed by atoms with Crippen molar-refractivity contribution in [3.63, 3.8) is 0 Å². The molecule has 0 atom stereocenters. The van der Waals surface area contributed by atoms with E-state index in [9.17, 15) is 14.4 Å². The smallest absolute Gasteiger partial charge is 0.341 e. The molecule has 0 bridgehead atoms. The number of nitrogens with one attached hydrogen (secondary N) is 2. The van der Waals surface area contributed by atoms with Crippen LogP contribution in [0.15, 0.2) is 33.8 Å². The summed E-state index contributed by atoms with van der Waals surface area (Å²) in [4.78, 5) is 37.9. The summed E-state index contributed by atoms with van der Waals surface area (Å²) >= 11 is 4.67. The Bertz CT molecular complexity index is 971. The van der Waals surface area contributed by atoms with Crippen molar-refractivity contribution in [2.75, 3.05) is 11.9 Å². The Kier molecular flexibility index (Phi) is 7.16. The third kappa shape index (κ3) is 5.30. The lowest BCUT2D eigenvalue weighted by Crippen LogP contribution is -2.32. The van der Waals surface area contributed by atoms with Gasteiger partial charge in [0.25, 0.3) is 0 Å². The number of hydrazone groups is 1. The minimum Gasteiger partial charge on any atom is -0.462 e. The normalized spacial score (nSPS) is 13.0. The Morgan fingerprint density at radius 3 is 2.79 bits per heavy atom. The number of nitrogens with zero attached hydrogens (tertiary/aromatic N) is 1. The molecule has 3 rings (SSSR count). The standard InChI is InChI=1S/C20H20BrN3O4S/c1-2-28-20(27)16-14-8-3-4-9-15(14)29-19(16)23-17(25)18(26)24-22-11-12-6-5-7-13(21)10-12/h5-7,10-11H,2-4,8-9H2,1H3,(H,23,25)(H,24,26). The highest BCUT2D eigenvalue weighted by Crippen LogP contribution is 2.38. The van der Waals surface area contributed by atoms with E-state index in [1.54, 1.807) is 6.92 Å². The monoisotopic (exact) mass is 477 g/mol. The average Bonchev–Trinajstić information content (AvgIpc) is 3.06. The summed E-state index contributed by atoms with van der Waals surface area (Å²) in [7, 11) is 0. The summed E-state index contributed by atoms with van der Waals surface area (Å²) < 4.78 is 6.02. The molecule has 2 aromatic rings. The molecule has 0 spiro atoms. The second kappa shape index (κ2) is 9.80. The highest BCUT2D eigenvalue weighted by molar-refractivity contribution is 9.10. The van der Waals surface area contributed by atoms with Gasteiger partial charge in [0.2, 0.25) is 0 Å². The molecule has 1 aromatic heterocycles. The number of carbonyl (C=O) groups excluding carboxylic acids is 3. The van der Waals surface area contributed by atoms with Crippen molar-refractivity contribution in [3.05, 3.63) is 50.3 Å². The molecule has 29 heavy (non-hydrogen) atoms. The first-order chi connectivity index (χ1) is 14.0. The van der Waals surface area contributed by atoms with Gasteiger partial charge in [0.15, 0.2) is 0 Å². The fourth-order valence-corrected chi connectivity index (χ4v) is 4.73. The highest BCUT2D eigenvalue weighted by Gasteiger charge is 2.28. The predicted molar refractivity (Wildman–Crippen MR) is 115 cm³/mol. The van der Waals surface area contributed by atoms with Crippen molar-refractivity contribution in [2.45, 2.75) is 32.6 Å². The number of halogens is 1. The van der Waals surface area contributed by atoms with Crippen molar-refractivity contribution in [1.29, 1.82) is 0 Å². The van der Waals surface area contributed by atoms with E-state index in [1.807, 2.05) is 24.3 Å². The van der Waals surface area contributed by atoms with Gasteiger partial charge in [-0.1, -0.05) is 28.1 Å². The maximum Gasteiger partial charge on any atom is 0.341 e. The molecule has 0 fully saturated rings. The number of hydrogen-bond donors (Lipinski definition) is 2. The minimum atomic E-state index is -0.919. The Balaban J connectivity index is 1.70. The van der Waals surface area contributed by atoms with Crippen LogP contribution in [0.25, 0.3) is 0 Å². The van der Waals surface area contributed by atoms with Crippen LogP contribution in [0.4, 0.5) is 5.00 Å². The summed E-state index contributed by atoms with van der Waals surface area (Å²) in [5.74, 6) is -2.28. The van der Waals surface area contributed by atoms with Crippen LogP contribution in [0.3, 0.4) is 0 Å². The van der Waals surface area contributed by atoms with E-state index in [1.165, 1.54) is 17.6 Å². The quantitative estimate of drug-likeness (QED) is 0.297. The molecule has 2 N–H and O–H groups in total. The van der Waals surface area contributed by atoms with Gasteiger partial charge < -0.3 is 10.1 Å². The number of rotatable bonds is 5. The highest BCUT2D eigenvalue weighted by atomic mass is 79.9. The zero-order valence-electron chi connectivity index (χ0n) is 15.8. The van der Waals surface area contributed by atoms with E-state index >= 15 is 0 Å². The summed E-state index contributed by atoms with van der Waals surface area (Å²) in [6, 6.07) is 7.32. The fourth-order valence-electron chi connectivity index (χ4n) is 3.04. The number of fused-ring (bicyclic) bond motifs is 1. The van der Waals surface area contributed by atoms with Crippen LogP contribution in [0.1, 0.15) is 46.1 Å². The molecular weight excluding hydrogens is 458 g/mol. The van der Waals surface area contributed by atoms with Gasteiger partial charge in [-0.2, -0.15) is 5.10 Å². The molecule has 9 heteroatoms. The lowest BCUT2D eigenvalue weighted by molar-refractivity contribution is -0.136. The molecule has 2 amide bonds. The Hall–Kier alpha value is -2.52. The van der Waals surface area contributed by atoms with Crippen molar-refractivity contribution in [3.8, 4) is 0 Å². The second-order valence-corrected chi connectivity index (χ2v) is 8.36. The molecule has 1 aromatic carbocycles. The fraction of sp³-hybridized carbons (Fsp3) is 0.300. The number of aryl methyl sites for hydroxylation is 1. The zero-order chi connectivity index (χ0) is 20.8. The molecule has 0 aliphatic heterocycles. The molecule has 1 heterocycles. The number of hydrogen-bond acceptors (Lipinski definition) is 6. The van der Waals surface area contributed by atoms with Gasteiger partial charge in [-0.15, -0.1) is 11.3 Å². The van der Waals surface area contributed by atoms with Crippen LogP contribution < -0.4 is 10.7 Å². The third-order valence-corrected chi connectivity index (χ3v) is 6.01. The van der Waals surface area contributed by atoms with E-state index in [0.717, 1.165) is 46.2 Å². The van der Waals surface area contributed by atoms with E-state index in [0.29, 0.717) is 10.6 Å². The van der Waals surface area contributed by atoms with Crippen LogP contribution >= 0.6 is 27.3 Å². The first-order valence-electron chi connectivity index (χ1n) is 9.21. The SMILES string of the molecule is CCOC(=O)c1c(NC(=O)C(=O)NN=Cc2cccc(Br)c2)sc2c1CCCC2. The van der Waals surface area contributed by atoms with E-state index < -0.39 is 17.8 Å². The van der Waals surface area contributed by atoms with Crippen molar-refractivity contribution >= 4 is 56.3 Å². The number of thiophene rings is 1. The summed E-state index contributed by atoms with van der Waals surface area (Å²) in [5, 5.41) is 6.71. The Labute approximate surface area is 180 Å². The largest absolute Gasteiger partial charge is 0.462 e. The van der Waals surface area contributed by atoms with Crippen LogP contribution in [0.2, 0.25) is 0 Å².